The van der Waals surface area contributed by atoms with Gasteiger partial charge in [-0.1, -0.05) is 43.0 Å². The first-order valence-corrected chi connectivity index (χ1v) is 13.7. The molecule has 0 radical (unpaired) electrons. The molecule has 0 aromatic heterocycles. The van der Waals surface area contributed by atoms with Crippen LogP contribution < -0.4 is 0 Å². The van der Waals surface area contributed by atoms with Gasteiger partial charge in [0, 0.05) is 61.6 Å². The smallest absolute Gasteiger partial charge is 0.0467 e. The third-order valence-electron chi connectivity index (χ3n) is 7.98. The molecule has 0 bridgehead atoms. The van der Waals surface area contributed by atoms with E-state index in [2.05, 4.69) is 89.9 Å². The van der Waals surface area contributed by atoms with E-state index in [1.807, 2.05) is 0 Å². The average molecular weight is 468 g/mol. The molecule has 2 heterocycles. The highest BCUT2D eigenvalue weighted by molar-refractivity contribution is 5.66. The van der Waals surface area contributed by atoms with Gasteiger partial charge in [0.1, 0.15) is 0 Å². The summed E-state index contributed by atoms with van der Waals surface area (Å²) in [6.45, 7) is 10.8. The summed E-state index contributed by atoms with van der Waals surface area (Å²) in [5.74, 6) is 0. The van der Waals surface area contributed by atoms with Crippen LogP contribution in [-0.2, 0) is 6.54 Å². The Morgan fingerprint density at radius 3 is 2.46 bits per heavy atom. The largest absolute Gasteiger partial charge is 0.371 e. The minimum atomic E-state index is 0.916. The highest BCUT2D eigenvalue weighted by Gasteiger charge is 2.27. The molecule has 5 rings (SSSR count). The summed E-state index contributed by atoms with van der Waals surface area (Å²) in [7, 11) is 2.22. The quantitative estimate of drug-likeness (QED) is 0.432. The molecule has 2 aliphatic carbocycles. The maximum Gasteiger partial charge on any atom is 0.0467 e. The van der Waals surface area contributed by atoms with E-state index in [0.29, 0.717) is 0 Å². The Bertz CT molecular complexity index is 1090. The van der Waals surface area contributed by atoms with E-state index in [9.17, 15) is 0 Å². The maximum atomic E-state index is 4.41. The Morgan fingerprint density at radius 2 is 1.74 bits per heavy atom. The van der Waals surface area contributed by atoms with Crippen LogP contribution in [0.4, 0.5) is 0 Å². The normalized spacial score (nSPS) is 20.7. The van der Waals surface area contributed by atoms with Crippen LogP contribution in [0.5, 0.6) is 0 Å². The van der Waals surface area contributed by atoms with Crippen LogP contribution >= 0.6 is 0 Å². The summed E-state index contributed by atoms with van der Waals surface area (Å²) in [5, 5.41) is 0. The molecule has 184 valence electrons. The molecule has 1 aromatic rings. The van der Waals surface area contributed by atoms with Crippen LogP contribution in [0.15, 0.2) is 89.6 Å². The minimum Gasteiger partial charge on any atom is -0.371 e. The van der Waals surface area contributed by atoms with Gasteiger partial charge in [-0.15, -0.1) is 0 Å². The van der Waals surface area contributed by atoms with Crippen molar-refractivity contribution in [3.05, 3.63) is 101 Å². The highest BCUT2D eigenvalue weighted by atomic mass is 15.2. The molecule has 0 N–H and O–H groups in total. The number of benzene rings is 1. The number of piperidine rings is 1. The van der Waals surface area contributed by atoms with E-state index < -0.39 is 0 Å². The summed E-state index contributed by atoms with van der Waals surface area (Å²) in [5.41, 5.74) is 10.9. The number of likely N-dealkylation sites (tertiary alicyclic amines) is 1. The van der Waals surface area contributed by atoms with Crippen molar-refractivity contribution in [2.45, 2.75) is 64.8 Å². The number of rotatable bonds is 6. The molecule has 0 unspecified atom stereocenters. The lowest BCUT2D eigenvalue weighted by Crippen LogP contribution is -2.34. The minimum absolute atomic E-state index is 0.916. The first kappa shape index (κ1) is 23.8. The van der Waals surface area contributed by atoms with Crippen molar-refractivity contribution in [1.29, 1.82) is 0 Å². The fraction of sp³-hybridized carbons (Fsp3) is 0.438. The van der Waals surface area contributed by atoms with Crippen LogP contribution in [0, 0.1) is 0 Å². The van der Waals surface area contributed by atoms with Crippen LogP contribution in [0.1, 0.15) is 69.4 Å². The second kappa shape index (κ2) is 10.8. The Morgan fingerprint density at radius 1 is 0.943 bits per heavy atom. The monoisotopic (exact) mass is 467 g/mol. The molecule has 1 saturated heterocycles. The van der Waals surface area contributed by atoms with Gasteiger partial charge in [0.2, 0.25) is 0 Å². The maximum absolute atomic E-state index is 4.41. The molecule has 0 amide bonds. The van der Waals surface area contributed by atoms with Crippen molar-refractivity contribution >= 4 is 5.57 Å². The zero-order valence-electron chi connectivity index (χ0n) is 21.7. The third-order valence-corrected chi connectivity index (χ3v) is 7.98. The van der Waals surface area contributed by atoms with Crippen molar-refractivity contribution in [3.63, 3.8) is 0 Å². The van der Waals surface area contributed by atoms with E-state index in [4.69, 9.17) is 0 Å². The van der Waals surface area contributed by atoms with Crippen LogP contribution in [-0.4, -0.2) is 41.4 Å². The summed E-state index contributed by atoms with van der Waals surface area (Å²) in [6, 6.07) is 9.26. The average Bonchev–Trinajstić information content (AvgIpc) is 3.13. The van der Waals surface area contributed by atoms with Crippen LogP contribution in [0.3, 0.4) is 0 Å². The zero-order valence-corrected chi connectivity index (χ0v) is 21.7. The summed E-state index contributed by atoms with van der Waals surface area (Å²) >= 11 is 0. The summed E-state index contributed by atoms with van der Waals surface area (Å²) in [6.07, 6.45) is 21.8. The Balaban J connectivity index is 1.32. The predicted octanol–water partition coefficient (Wildman–Crippen LogP) is 7.39. The van der Waals surface area contributed by atoms with Gasteiger partial charge in [0.25, 0.3) is 0 Å². The topological polar surface area (TPSA) is 9.72 Å². The number of likely N-dealkylation sites (N-methyl/N-ethyl adjacent to an activating group) is 2. The lowest BCUT2D eigenvalue weighted by atomic mass is 9.93. The van der Waals surface area contributed by atoms with Crippen molar-refractivity contribution in [2.24, 2.45) is 0 Å². The van der Waals surface area contributed by atoms with Gasteiger partial charge < -0.3 is 14.7 Å². The molecule has 35 heavy (non-hydrogen) atoms. The van der Waals surface area contributed by atoms with Gasteiger partial charge in [-0.2, -0.15) is 0 Å². The summed E-state index contributed by atoms with van der Waals surface area (Å²) in [4.78, 5) is 7.35. The molecule has 2 aliphatic heterocycles. The Labute approximate surface area is 212 Å². The van der Waals surface area contributed by atoms with E-state index in [1.165, 1.54) is 84.3 Å². The SMILES string of the molecule is C=C1C=C(N2CCCCC2)C2=C(C=CC(N(C)Cc3ccc(C4=CCCCC4)cc3)=CC2)N1CC. The van der Waals surface area contributed by atoms with Gasteiger partial charge in [0.15, 0.2) is 0 Å². The van der Waals surface area contributed by atoms with Gasteiger partial charge >= 0.3 is 0 Å². The number of nitrogens with zero attached hydrogens (tertiary/aromatic N) is 3. The van der Waals surface area contributed by atoms with E-state index in [1.54, 1.807) is 0 Å². The molecule has 3 heteroatoms. The zero-order chi connectivity index (χ0) is 24.2. The van der Waals surface area contributed by atoms with Crippen LogP contribution in [0.25, 0.3) is 5.57 Å². The van der Waals surface area contributed by atoms with E-state index in [0.717, 1.165) is 38.3 Å². The van der Waals surface area contributed by atoms with Crippen molar-refractivity contribution in [1.82, 2.24) is 14.7 Å². The summed E-state index contributed by atoms with van der Waals surface area (Å²) < 4.78 is 0. The second-order valence-corrected chi connectivity index (χ2v) is 10.4. The van der Waals surface area contributed by atoms with Gasteiger partial charge in [0.05, 0.1) is 0 Å². The molecular formula is C32H41N3. The first-order valence-electron chi connectivity index (χ1n) is 13.7. The third kappa shape index (κ3) is 5.19. The van der Waals surface area contributed by atoms with Crippen molar-refractivity contribution in [3.8, 4) is 0 Å². The van der Waals surface area contributed by atoms with Gasteiger partial charge in [-0.25, -0.2) is 0 Å². The molecule has 1 aromatic carbocycles. The number of hydrogen-bond acceptors (Lipinski definition) is 3. The fourth-order valence-electron chi connectivity index (χ4n) is 5.97. The molecule has 0 spiro atoms. The van der Waals surface area contributed by atoms with E-state index >= 15 is 0 Å². The second-order valence-electron chi connectivity index (χ2n) is 10.4. The van der Waals surface area contributed by atoms with Gasteiger partial charge in [-0.3, -0.25) is 0 Å². The molecule has 1 fully saturated rings. The van der Waals surface area contributed by atoms with Gasteiger partial charge in [-0.05, 0) is 93.2 Å². The lowest BCUT2D eigenvalue weighted by Gasteiger charge is -2.38. The Kier molecular flexibility index (Phi) is 7.32. The predicted molar refractivity (Wildman–Crippen MR) is 148 cm³/mol. The lowest BCUT2D eigenvalue weighted by molar-refractivity contribution is 0.284. The number of hydrogen-bond donors (Lipinski definition) is 0. The molecule has 4 aliphatic rings. The first-order chi connectivity index (χ1) is 17.1. The molecular weight excluding hydrogens is 426 g/mol. The number of allylic oxidation sites excluding steroid dienone is 7. The van der Waals surface area contributed by atoms with Crippen molar-refractivity contribution in [2.75, 3.05) is 26.7 Å². The molecule has 0 atom stereocenters. The molecule has 3 nitrogen and oxygen atoms in total. The Hall–Kier alpha value is -2.94. The van der Waals surface area contributed by atoms with Crippen LogP contribution in [0.2, 0.25) is 0 Å². The van der Waals surface area contributed by atoms with E-state index in [-0.39, 0.29) is 0 Å². The fourth-order valence-corrected chi connectivity index (χ4v) is 5.97. The standard InChI is InChI=1S/C32H41N3/c1-4-35-25(2)23-32(34-21-9-6-10-22-34)30-19-17-29(18-20-31(30)35)33(3)24-26-13-15-28(16-14-26)27-11-7-5-8-12-27/h11,13-18,20,23H,2,4-10,12,19,21-22,24H2,1,3H3. The molecule has 0 saturated carbocycles. The van der Waals surface area contributed by atoms with Crippen molar-refractivity contribution < 1.29 is 0 Å². The highest BCUT2D eigenvalue weighted by Crippen LogP contribution is 2.37.